The van der Waals surface area contributed by atoms with Gasteiger partial charge in [0.2, 0.25) is 11.8 Å². The van der Waals surface area contributed by atoms with Crippen molar-refractivity contribution < 1.29 is 18.0 Å². The number of thiophene rings is 1. The fourth-order valence-corrected chi connectivity index (χ4v) is 6.63. The molecule has 3 rings (SSSR count). The first-order chi connectivity index (χ1) is 13.2. The minimum absolute atomic E-state index is 0.145. The lowest BCUT2D eigenvalue weighted by molar-refractivity contribution is -0.123. The average molecular weight is 460 g/mol. The summed E-state index contributed by atoms with van der Waals surface area (Å²) in [6, 6.07) is 8.62. The van der Waals surface area contributed by atoms with Crippen LogP contribution in [0.3, 0.4) is 0 Å². The van der Waals surface area contributed by atoms with Gasteiger partial charge in [0.1, 0.15) is 10.8 Å². The van der Waals surface area contributed by atoms with E-state index in [4.69, 9.17) is 11.6 Å². The Balaban J connectivity index is 1.76. The number of benzene rings is 1. The monoisotopic (exact) mass is 459 g/mol. The Hall–Kier alpha value is -1.59. The van der Waals surface area contributed by atoms with Crippen molar-refractivity contribution in [2.45, 2.75) is 15.0 Å². The molecule has 0 atom stereocenters. The second kappa shape index (κ2) is 8.42. The number of thioether (sulfide) groups is 1. The maximum Gasteiger partial charge on any atom is 0.252 e. The van der Waals surface area contributed by atoms with Crippen molar-refractivity contribution in [3.8, 4) is 0 Å². The molecule has 150 valence electrons. The van der Waals surface area contributed by atoms with Gasteiger partial charge in [0.05, 0.1) is 15.6 Å². The van der Waals surface area contributed by atoms with Gasteiger partial charge in [-0.15, -0.1) is 23.1 Å². The Kier molecular flexibility index (Phi) is 6.35. The molecule has 7 nitrogen and oxygen atoms in total. The number of halogens is 1. The van der Waals surface area contributed by atoms with Crippen molar-refractivity contribution in [1.82, 2.24) is 9.62 Å². The predicted octanol–water partition coefficient (Wildman–Crippen LogP) is 2.41. The van der Waals surface area contributed by atoms with Crippen molar-refractivity contribution in [1.29, 1.82) is 0 Å². The standard InChI is InChI=1S/C17H18ClN3O4S3/c1-20(2)28(24,25)16-7-13-17(27-16)26-10-15(23)21(13)9-14(22)19-8-11-5-3-4-6-12(11)18/h3-7H,8-10H2,1-2H3,(H,19,22). The third-order valence-electron chi connectivity index (χ3n) is 4.05. The highest BCUT2D eigenvalue weighted by Crippen LogP contribution is 2.43. The lowest BCUT2D eigenvalue weighted by Crippen LogP contribution is -2.42. The molecule has 0 fully saturated rings. The van der Waals surface area contributed by atoms with Crippen LogP contribution in [0.4, 0.5) is 5.69 Å². The number of hydrogen-bond acceptors (Lipinski definition) is 6. The molecular formula is C17H18ClN3O4S3. The lowest BCUT2D eigenvalue weighted by atomic mass is 10.2. The molecule has 0 spiro atoms. The van der Waals surface area contributed by atoms with Crippen LogP contribution >= 0.6 is 34.7 Å². The van der Waals surface area contributed by atoms with Crippen LogP contribution in [0.1, 0.15) is 5.56 Å². The second-order valence-electron chi connectivity index (χ2n) is 6.16. The lowest BCUT2D eigenvalue weighted by Gasteiger charge is -2.25. The average Bonchev–Trinajstić information content (AvgIpc) is 3.08. The molecular weight excluding hydrogens is 442 g/mol. The fourth-order valence-electron chi connectivity index (χ4n) is 2.49. The summed E-state index contributed by atoms with van der Waals surface area (Å²) in [6.45, 7) is 0.0566. The van der Waals surface area contributed by atoms with E-state index < -0.39 is 10.0 Å². The number of anilines is 1. The number of nitrogens with zero attached hydrogens (tertiary/aromatic N) is 2. The molecule has 0 unspecified atom stereocenters. The summed E-state index contributed by atoms with van der Waals surface area (Å²) in [6.07, 6.45) is 0. The summed E-state index contributed by atoms with van der Waals surface area (Å²) < 4.78 is 26.7. The number of carbonyl (C=O) groups is 2. The zero-order valence-corrected chi connectivity index (χ0v) is 18.3. The van der Waals surface area contributed by atoms with Gasteiger partial charge in [-0.1, -0.05) is 29.8 Å². The summed E-state index contributed by atoms with van der Waals surface area (Å²) in [5, 5.41) is 3.29. The zero-order valence-electron chi connectivity index (χ0n) is 15.1. The summed E-state index contributed by atoms with van der Waals surface area (Å²) in [5.74, 6) is -0.432. The van der Waals surface area contributed by atoms with Crippen LogP contribution in [-0.4, -0.2) is 50.9 Å². The van der Waals surface area contributed by atoms with E-state index in [1.807, 2.05) is 6.07 Å². The number of hydrogen-bond donors (Lipinski definition) is 1. The van der Waals surface area contributed by atoms with Gasteiger partial charge in [-0.25, -0.2) is 12.7 Å². The number of nitrogens with one attached hydrogen (secondary N) is 1. The first-order valence-electron chi connectivity index (χ1n) is 8.20. The third-order valence-corrected chi connectivity index (χ3v) is 9.06. The van der Waals surface area contributed by atoms with Crippen molar-refractivity contribution >= 4 is 62.2 Å². The molecule has 2 heterocycles. The van der Waals surface area contributed by atoms with Gasteiger partial charge in [0, 0.05) is 25.7 Å². The van der Waals surface area contributed by atoms with Gasteiger partial charge >= 0.3 is 0 Å². The third kappa shape index (κ3) is 4.36. The molecule has 0 saturated carbocycles. The van der Waals surface area contributed by atoms with Gasteiger partial charge in [-0.05, 0) is 17.7 Å². The molecule has 1 N–H and O–H groups in total. The van der Waals surface area contributed by atoms with E-state index in [2.05, 4.69) is 5.32 Å². The van der Waals surface area contributed by atoms with Gasteiger partial charge < -0.3 is 10.2 Å². The molecule has 11 heteroatoms. The number of sulfonamides is 1. The van der Waals surface area contributed by atoms with Crippen molar-refractivity contribution in [2.75, 3.05) is 31.3 Å². The van der Waals surface area contributed by atoms with Gasteiger partial charge in [0.25, 0.3) is 10.0 Å². The number of carbonyl (C=O) groups excluding carboxylic acids is 2. The molecule has 1 aliphatic heterocycles. The van der Waals surface area contributed by atoms with Crippen LogP contribution in [0.25, 0.3) is 0 Å². The van der Waals surface area contributed by atoms with Crippen LogP contribution in [0.15, 0.2) is 38.8 Å². The summed E-state index contributed by atoms with van der Waals surface area (Å²) in [5.41, 5.74) is 1.23. The van der Waals surface area contributed by atoms with E-state index in [0.29, 0.717) is 14.9 Å². The van der Waals surface area contributed by atoms with E-state index in [1.54, 1.807) is 18.2 Å². The van der Waals surface area contributed by atoms with Crippen LogP contribution in [0.2, 0.25) is 5.02 Å². The Labute approximate surface area is 176 Å². The molecule has 2 amide bonds. The molecule has 0 aliphatic carbocycles. The Morgan fingerprint density at radius 2 is 2.04 bits per heavy atom. The highest BCUT2D eigenvalue weighted by atomic mass is 35.5. The van der Waals surface area contributed by atoms with Gasteiger partial charge in [0.15, 0.2) is 0 Å². The van der Waals surface area contributed by atoms with Crippen LogP contribution in [-0.2, 0) is 26.2 Å². The van der Waals surface area contributed by atoms with Gasteiger partial charge in [-0.3, -0.25) is 9.59 Å². The Bertz CT molecular complexity index is 1020. The van der Waals surface area contributed by atoms with E-state index in [0.717, 1.165) is 21.2 Å². The second-order valence-corrected chi connectivity index (χ2v) is 11.2. The number of rotatable bonds is 6. The smallest absolute Gasteiger partial charge is 0.252 e. The first kappa shape index (κ1) is 21.1. The molecule has 2 aromatic rings. The molecule has 1 aliphatic rings. The molecule has 0 radical (unpaired) electrons. The zero-order chi connectivity index (χ0) is 20.5. The normalized spacial score (nSPS) is 14.3. The summed E-state index contributed by atoms with van der Waals surface area (Å²) in [4.78, 5) is 26.1. The molecule has 0 saturated heterocycles. The van der Waals surface area contributed by atoms with E-state index in [-0.39, 0.29) is 34.9 Å². The van der Waals surface area contributed by atoms with E-state index >= 15 is 0 Å². The maximum atomic E-state index is 12.4. The molecule has 28 heavy (non-hydrogen) atoms. The SMILES string of the molecule is CN(C)S(=O)(=O)c1cc2c(s1)SCC(=O)N2CC(=O)NCc1ccccc1Cl. The molecule has 1 aromatic carbocycles. The minimum atomic E-state index is -3.61. The summed E-state index contributed by atoms with van der Waals surface area (Å²) >= 11 is 8.47. The Morgan fingerprint density at radius 1 is 1.32 bits per heavy atom. The fraction of sp³-hybridized carbons (Fsp3) is 0.294. The maximum absolute atomic E-state index is 12.4. The molecule has 0 bridgehead atoms. The number of amides is 2. The minimum Gasteiger partial charge on any atom is -0.350 e. The van der Waals surface area contributed by atoms with Crippen LogP contribution in [0, 0.1) is 0 Å². The van der Waals surface area contributed by atoms with Crippen molar-refractivity contribution in [3.05, 3.63) is 40.9 Å². The van der Waals surface area contributed by atoms with Crippen molar-refractivity contribution in [2.24, 2.45) is 0 Å². The Morgan fingerprint density at radius 3 is 2.71 bits per heavy atom. The van der Waals surface area contributed by atoms with E-state index in [9.17, 15) is 18.0 Å². The topological polar surface area (TPSA) is 86.8 Å². The predicted molar refractivity (Wildman–Crippen MR) is 112 cm³/mol. The quantitative estimate of drug-likeness (QED) is 0.716. The van der Waals surface area contributed by atoms with Gasteiger partial charge in [-0.2, -0.15) is 0 Å². The first-order valence-corrected chi connectivity index (χ1v) is 11.8. The van der Waals surface area contributed by atoms with Crippen molar-refractivity contribution in [3.63, 3.8) is 0 Å². The van der Waals surface area contributed by atoms with E-state index in [1.165, 1.54) is 36.8 Å². The molecule has 1 aromatic heterocycles. The highest BCUT2D eigenvalue weighted by molar-refractivity contribution is 8.02. The number of fused-ring (bicyclic) bond motifs is 1. The highest BCUT2D eigenvalue weighted by Gasteiger charge is 2.32. The van der Waals surface area contributed by atoms with Crippen LogP contribution in [0.5, 0.6) is 0 Å². The largest absolute Gasteiger partial charge is 0.350 e. The summed E-state index contributed by atoms with van der Waals surface area (Å²) in [7, 11) is -0.705. The van der Waals surface area contributed by atoms with Crippen LogP contribution < -0.4 is 10.2 Å².